The van der Waals surface area contributed by atoms with Crippen molar-refractivity contribution in [2.24, 2.45) is 0 Å². The number of carbonyl (C=O) groups is 1. The molecule has 0 aromatic heterocycles. The number of hydrogen-bond donors (Lipinski definition) is 0. The van der Waals surface area contributed by atoms with Crippen molar-refractivity contribution >= 4 is 17.7 Å². The van der Waals surface area contributed by atoms with Crippen LogP contribution in [0.5, 0.6) is 11.5 Å². The highest BCUT2D eigenvalue weighted by Gasteiger charge is 2.23. The predicted octanol–water partition coefficient (Wildman–Crippen LogP) is 4.62. The molecule has 138 valence electrons. The lowest BCUT2D eigenvalue weighted by Crippen LogP contribution is -2.29. The number of hydrogen-bond acceptors (Lipinski definition) is 4. The topological polar surface area (TPSA) is 38.8 Å². The third-order valence-corrected chi connectivity index (χ3v) is 5.45. The van der Waals surface area contributed by atoms with E-state index in [1.165, 1.54) is 6.42 Å². The van der Waals surface area contributed by atoms with Crippen LogP contribution in [0.25, 0.3) is 0 Å². The molecule has 2 aromatic carbocycles. The maximum absolute atomic E-state index is 12.9. The van der Waals surface area contributed by atoms with Crippen LogP contribution in [0, 0.1) is 0 Å². The third-order valence-electron chi connectivity index (χ3n) is 4.68. The first-order valence-electron chi connectivity index (χ1n) is 8.84. The second-order valence-electron chi connectivity index (χ2n) is 6.52. The van der Waals surface area contributed by atoms with Gasteiger partial charge in [0, 0.05) is 18.5 Å². The highest BCUT2D eigenvalue weighted by atomic mass is 32.2. The van der Waals surface area contributed by atoms with Crippen molar-refractivity contribution in [3.8, 4) is 11.5 Å². The van der Waals surface area contributed by atoms with Gasteiger partial charge in [0.2, 0.25) is 0 Å². The molecule has 0 bridgehead atoms. The summed E-state index contributed by atoms with van der Waals surface area (Å²) in [5, 5.41) is 0. The molecule has 0 spiro atoms. The van der Waals surface area contributed by atoms with Gasteiger partial charge in [0.1, 0.15) is 11.5 Å². The minimum Gasteiger partial charge on any atom is -0.496 e. The van der Waals surface area contributed by atoms with Crippen LogP contribution in [0.4, 0.5) is 0 Å². The molecule has 1 fully saturated rings. The Labute approximate surface area is 159 Å². The Morgan fingerprint density at radius 1 is 1.19 bits per heavy atom. The molecule has 0 heterocycles. The molecule has 0 atom stereocenters. The van der Waals surface area contributed by atoms with Crippen LogP contribution in [-0.4, -0.2) is 37.3 Å². The van der Waals surface area contributed by atoms with Crippen molar-refractivity contribution in [3.63, 3.8) is 0 Å². The van der Waals surface area contributed by atoms with Crippen molar-refractivity contribution in [2.45, 2.75) is 36.8 Å². The standard InChI is InChI=1S/C21H25NO3S/c1-22(14-15-11-12-20(26-3)19(13-15)24-2)21(23)17-9-4-5-10-18(17)25-16-7-6-8-16/h4-5,9-13,16H,6-8,14H2,1-3H3. The Kier molecular flexibility index (Phi) is 6.09. The zero-order valence-corrected chi connectivity index (χ0v) is 16.3. The van der Waals surface area contributed by atoms with Crippen molar-refractivity contribution in [1.29, 1.82) is 0 Å². The van der Waals surface area contributed by atoms with Crippen LogP contribution in [0.2, 0.25) is 0 Å². The van der Waals surface area contributed by atoms with Crippen molar-refractivity contribution in [3.05, 3.63) is 53.6 Å². The number of carbonyl (C=O) groups excluding carboxylic acids is 1. The Morgan fingerprint density at radius 3 is 2.62 bits per heavy atom. The molecule has 0 unspecified atom stereocenters. The fourth-order valence-corrected chi connectivity index (χ4v) is 3.49. The number of nitrogens with zero attached hydrogens (tertiary/aromatic N) is 1. The first-order chi connectivity index (χ1) is 12.6. The number of thioether (sulfide) groups is 1. The lowest BCUT2D eigenvalue weighted by molar-refractivity contribution is 0.0766. The highest BCUT2D eigenvalue weighted by Crippen LogP contribution is 2.30. The second-order valence-corrected chi connectivity index (χ2v) is 7.37. The molecule has 1 saturated carbocycles. The molecule has 3 rings (SSSR count). The van der Waals surface area contributed by atoms with E-state index >= 15 is 0 Å². The van der Waals surface area contributed by atoms with Gasteiger partial charge in [-0.3, -0.25) is 4.79 Å². The molecule has 1 aliphatic carbocycles. The van der Waals surface area contributed by atoms with Gasteiger partial charge < -0.3 is 14.4 Å². The lowest BCUT2D eigenvalue weighted by Gasteiger charge is -2.28. The minimum absolute atomic E-state index is 0.0344. The molecule has 5 heteroatoms. The molecule has 0 saturated heterocycles. The van der Waals surface area contributed by atoms with E-state index in [1.54, 1.807) is 23.8 Å². The van der Waals surface area contributed by atoms with Gasteiger partial charge in [0.25, 0.3) is 5.91 Å². The largest absolute Gasteiger partial charge is 0.496 e. The lowest BCUT2D eigenvalue weighted by atomic mass is 9.96. The summed E-state index contributed by atoms with van der Waals surface area (Å²) in [5.74, 6) is 1.49. The SMILES string of the molecule is COc1cc(CN(C)C(=O)c2ccccc2OC2CCC2)ccc1SC. The number of amides is 1. The van der Waals surface area contributed by atoms with Crippen molar-refractivity contribution in [1.82, 2.24) is 4.90 Å². The van der Waals surface area contributed by atoms with Crippen LogP contribution in [0.3, 0.4) is 0 Å². The van der Waals surface area contributed by atoms with Gasteiger partial charge in [-0.2, -0.15) is 0 Å². The number of rotatable bonds is 7. The van der Waals surface area contributed by atoms with Crippen LogP contribution >= 0.6 is 11.8 Å². The van der Waals surface area contributed by atoms with Crippen molar-refractivity contribution in [2.75, 3.05) is 20.4 Å². The van der Waals surface area contributed by atoms with Gasteiger partial charge in [0.15, 0.2) is 0 Å². The van der Waals surface area contributed by atoms with Gasteiger partial charge in [-0.05, 0) is 55.3 Å². The fraction of sp³-hybridized carbons (Fsp3) is 0.381. The summed E-state index contributed by atoms with van der Waals surface area (Å²) in [6.07, 6.45) is 5.61. The van der Waals surface area contributed by atoms with Crippen LogP contribution in [0.15, 0.2) is 47.4 Å². The fourth-order valence-electron chi connectivity index (χ4n) is 2.94. The maximum atomic E-state index is 12.9. The molecule has 1 aliphatic rings. The summed E-state index contributed by atoms with van der Waals surface area (Å²) in [7, 11) is 3.49. The average molecular weight is 372 g/mol. The van der Waals surface area contributed by atoms with E-state index in [4.69, 9.17) is 9.47 Å². The first-order valence-corrected chi connectivity index (χ1v) is 10.1. The zero-order valence-electron chi connectivity index (χ0n) is 15.5. The number of ether oxygens (including phenoxy) is 2. The number of benzene rings is 2. The normalized spacial score (nSPS) is 13.8. The quantitative estimate of drug-likeness (QED) is 0.666. The van der Waals surface area contributed by atoms with E-state index in [1.807, 2.05) is 55.8 Å². The highest BCUT2D eigenvalue weighted by molar-refractivity contribution is 7.98. The number of para-hydroxylation sites is 1. The van der Waals surface area contributed by atoms with Crippen LogP contribution in [0.1, 0.15) is 35.2 Å². The molecule has 26 heavy (non-hydrogen) atoms. The van der Waals surface area contributed by atoms with Crippen molar-refractivity contribution < 1.29 is 14.3 Å². The second kappa shape index (κ2) is 8.49. The van der Waals surface area contributed by atoms with Gasteiger partial charge >= 0.3 is 0 Å². The van der Waals surface area contributed by atoms with Crippen LogP contribution < -0.4 is 9.47 Å². The van der Waals surface area contributed by atoms with Gasteiger partial charge in [-0.1, -0.05) is 18.2 Å². The Morgan fingerprint density at radius 2 is 1.96 bits per heavy atom. The summed E-state index contributed by atoms with van der Waals surface area (Å²) >= 11 is 1.64. The summed E-state index contributed by atoms with van der Waals surface area (Å²) in [6, 6.07) is 13.6. The van der Waals surface area contributed by atoms with E-state index in [9.17, 15) is 4.79 Å². The molecule has 0 aliphatic heterocycles. The zero-order chi connectivity index (χ0) is 18.5. The average Bonchev–Trinajstić information content (AvgIpc) is 2.64. The van der Waals surface area contributed by atoms with Gasteiger partial charge in [0.05, 0.1) is 18.8 Å². The minimum atomic E-state index is -0.0344. The van der Waals surface area contributed by atoms with E-state index in [-0.39, 0.29) is 12.0 Å². The summed E-state index contributed by atoms with van der Waals surface area (Å²) < 4.78 is 11.4. The molecule has 1 amide bonds. The molecule has 4 nitrogen and oxygen atoms in total. The monoisotopic (exact) mass is 371 g/mol. The summed E-state index contributed by atoms with van der Waals surface area (Å²) in [4.78, 5) is 15.8. The van der Waals surface area contributed by atoms with Gasteiger partial charge in [-0.15, -0.1) is 11.8 Å². The van der Waals surface area contributed by atoms with Crippen LogP contribution in [-0.2, 0) is 6.54 Å². The predicted molar refractivity (Wildman–Crippen MR) is 105 cm³/mol. The summed E-state index contributed by atoms with van der Waals surface area (Å²) in [5.41, 5.74) is 1.66. The van der Waals surface area contributed by atoms with E-state index < -0.39 is 0 Å². The molecular weight excluding hydrogens is 346 g/mol. The molecular formula is C21H25NO3S. The Bertz CT molecular complexity index is 774. The Hall–Kier alpha value is -2.14. The smallest absolute Gasteiger partial charge is 0.257 e. The van der Waals surface area contributed by atoms with E-state index in [0.29, 0.717) is 17.9 Å². The Balaban J connectivity index is 1.74. The van der Waals surface area contributed by atoms with E-state index in [2.05, 4.69) is 0 Å². The molecule has 0 N–H and O–H groups in total. The number of methoxy groups -OCH3 is 1. The van der Waals surface area contributed by atoms with Gasteiger partial charge in [-0.25, -0.2) is 0 Å². The summed E-state index contributed by atoms with van der Waals surface area (Å²) in [6.45, 7) is 0.515. The maximum Gasteiger partial charge on any atom is 0.257 e. The molecule has 0 radical (unpaired) electrons. The third kappa shape index (κ3) is 4.15. The first kappa shape index (κ1) is 18.6. The van der Waals surface area contributed by atoms with E-state index in [0.717, 1.165) is 29.1 Å². The molecule has 2 aromatic rings.